The second-order valence-corrected chi connectivity index (χ2v) is 3.22. The van der Waals surface area contributed by atoms with E-state index in [0.29, 0.717) is 0 Å². The minimum absolute atomic E-state index is 0. The third-order valence-electron chi connectivity index (χ3n) is 2.26. The van der Waals surface area contributed by atoms with Crippen molar-refractivity contribution in [2.45, 2.75) is 0 Å². The van der Waals surface area contributed by atoms with E-state index >= 15 is 0 Å². The number of hydrogen-bond acceptors (Lipinski definition) is 2. The van der Waals surface area contributed by atoms with Gasteiger partial charge in [-0.3, -0.25) is 0 Å². The fraction of sp³-hybridized carbons (Fsp3) is 0. The first-order valence-corrected chi connectivity index (χ1v) is 4.56. The Hall–Kier alpha value is -1.40. The zero-order valence-electron chi connectivity index (χ0n) is 7.97. The molecule has 0 aliphatic carbocycles. The van der Waals surface area contributed by atoms with Crippen molar-refractivity contribution in [2.24, 2.45) is 0 Å². The second-order valence-electron chi connectivity index (χ2n) is 3.22. The van der Waals surface area contributed by atoms with E-state index in [-0.39, 0.29) is 18.0 Å². The molecule has 1 N–H and O–H groups in total. The number of benzene rings is 2. The van der Waals surface area contributed by atoms with Crippen LogP contribution in [0.3, 0.4) is 0 Å². The first-order valence-electron chi connectivity index (χ1n) is 4.56. The van der Waals surface area contributed by atoms with Crippen LogP contribution in [0.25, 0.3) is 0 Å². The van der Waals surface area contributed by atoms with Gasteiger partial charge in [0.15, 0.2) is 11.5 Å². The molecule has 1 heterocycles. The molecule has 1 aliphatic heterocycles. The smallest absolute Gasteiger partial charge is 0.150 e. The molecular formula is C12H9AsNO. The molecule has 1 aliphatic rings. The monoisotopic (exact) mass is 258 g/mol. The molecule has 0 saturated heterocycles. The standard InChI is InChI=1S/C12H9NO.As/c1-3-7-11-9(5-1)13-10-6-2-4-8-12(10)14-11;/h1-8,13H;. The Morgan fingerprint density at radius 1 is 0.733 bits per heavy atom. The topological polar surface area (TPSA) is 21.3 Å². The molecule has 15 heavy (non-hydrogen) atoms. The number of ether oxygens (including phenoxy) is 1. The average Bonchev–Trinajstić information content (AvgIpc) is 2.26. The van der Waals surface area contributed by atoms with Gasteiger partial charge in [0.05, 0.1) is 11.4 Å². The Labute approximate surface area is 99.6 Å². The third kappa shape index (κ3) is 1.73. The van der Waals surface area contributed by atoms with E-state index in [4.69, 9.17) is 4.74 Å². The van der Waals surface area contributed by atoms with Crippen LogP contribution in [0.2, 0.25) is 0 Å². The summed E-state index contributed by atoms with van der Waals surface area (Å²) in [6.07, 6.45) is 0. The molecule has 0 atom stereocenters. The summed E-state index contributed by atoms with van der Waals surface area (Å²) in [6.45, 7) is 0. The predicted octanol–water partition coefficient (Wildman–Crippen LogP) is 3.16. The van der Waals surface area contributed by atoms with Crippen LogP contribution in [0.15, 0.2) is 48.5 Å². The molecule has 0 amide bonds. The maximum absolute atomic E-state index is 5.71. The van der Waals surface area contributed by atoms with Gasteiger partial charge in [-0.15, -0.1) is 0 Å². The minimum atomic E-state index is 0. The maximum Gasteiger partial charge on any atom is 0.150 e. The van der Waals surface area contributed by atoms with Crippen LogP contribution in [0, 0.1) is 0 Å². The van der Waals surface area contributed by atoms with Crippen LogP contribution in [0.5, 0.6) is 11.5 Å². The van der Waals surface area contributed by atoms with Crippen molar-refractivity contribution < 1.29 is 4.74 Å². The molecule has 3 heteroatoms. The molecule has 3 radical (unpaired) electrons. The Kier molecular flexibility index (Phi) is 2.70. The zero-order valence-corrected chi connectivity index (χ0v) is 9.85. The summed E-state index contributed by atoms with van der Waals surface area (Å²) in [7, 11) is 0. The van der Waals surface area contributed by atoms with Crippen LogP contribution in [-0.4, -0.2) is 18.0 Å². The van der Waals surface area contributed by atoms with E-state index in [9.17, 15) is 0 Å². The fourth-order valence-electron chi connectivity index (χ4n) is 1.58. The largest absolute Gasteiger partial charge is 0.453 e. The first-order chi connectivity index (χ1) is 6.93. The van der Waals surface area contributed by atoms with Gasteiger partial charge in [-0.05, 0) is 24.3 Å². The van der Waals surface area contributed by atoms with Crippen molar-refractivity contribution in [2.75, 3.05) is 5.32 Å². The molecule has 2 aromatic rings. The molecule has 2 aromatic carbocycles. The predicted molar refractivity (Wildman–Crippen MR) is 62.0 cm³/mol. The summed E-state index contributed by atoms with van der Waals surface area (Å²) >= 11 is 0. The normalized spacial score (nSPS) is 11.2. The van der Waals surface area contributed by atoms with Gasteiger partial charge in [0.2, 0.25) is 0 Å². The second kappa shape index (κ2) is 3.99. The van der Waals surface area contributed by atoms with Gasteiger partial charge in [-0.1, -0.05) is 24.3 Å². The molecule has 0 saturated carbocycles. The van der Waals surface area contributed by atoms with Crippen molar-refractivity contribution in [1.29, 1.82) is 0 Å². The molecule has 0 aromatic heterocycles. The summed E-state index contributed by atoms with van der Waals surface area (Å²) < 4.78 is 5.71. The molecule has 0 bridgehead atoms. The Balaban J connectivity index is 0.000000853. The van der Waals surface area contributed by atoms with Crippen molar-refractivity contribution in [1.82, 2.24) is 0 Å². The van der Waals surface area contributed by atoms with Crippen LogP contribution >= 0.6 is 0 Å². The number of fused-ring (bicyclic) bond motifs is 2. The van der Waals surface area contributed by atoms with E-state index in [0.717, 1.165) is 22.9 Å². The van der Waals surface area contributed by atoms with Crippen molar-refractivity contribution >= 4 is 29.3 Å². The fourth-order valence-corrected chi connectivity index (χ4v) is 1.58. The maximum atomic E-state index is 5.71. The van der Waals surface area contributed by atoms with Crippen LogP contribution in [-0.2, 0) is 0 Å². The van der Waals surface area contributed by atoms with E-state index in [1.165, 1.54) is 0 Å². The van der Waals surface area contributed by atoms with Gasteiger partial charge in [0.25, 0.3) is 0 Å². The summed E-state index contributed by atoms with van der Waals surface area (Å²) in [5, 5.41) is 3.32. The van der Waals surface area contributed by atoms with Crippen molar-refractivity contribution in [3.8, 4) is 11.5 Å². The number of hydrogen-bond donors (Lipinski definition) is 1. The molecule has 0 fully saturated rings. The number of para-hydroxylation sites is 4. The number of anilines is 2. The average molecular weight is 258 g/mol. The summed E-state index contributed by atoms with van der Waals surface area (Å²) in [6, 6.07) is 15.8. The molecule has 0 unspecified atom stereocenters. The van der Waals surface area contributed by atoms with Gasteiger partial charge in [-0.2, -0.15) is 0 Å². The van der Waals surface area contributed by atoms with Gasteiger partial charge in [0.1, 0.15) is 0 Å². The Bertz CT molecular complexity index is 397. The summed E-state index contributed by atoms with van der Waals surface area (Å²) in [5.74, 6) is 1.76. The van der Waals surface area contributed by atoms with E-state index in [1.807, 2.05) is 48.5 Å². The van der Waals surface area contributed by atoms with Crippen molar-refractivity contribution in [3.05, 3.63) is 48.5 Å². The SMILES string of the molecule is [As].c1ccc2c(c1)Nc1ccccc1O2. The Morgan fingerprint density at radius 3 is 1.73 bits per heavy atom. The van der Waals surface area contributed by atoms with Crippen LogP contribution in [0.4, 0.5) is 11.4 Å². The van der Waals surface area contributed by atoms with E-state index < -0.39 is 0 Å². The molecule has 2 nitrogen and oxygen atoms in total. The zero-order chi connectivity index (χ0) is 9.38. The summed E-state index contributed by atoms with van der Waals surface area (Å²) in [5.41, 5.74) is 2.04. The Morgan fingerprint density at radius 2 is 1.20 bits per heavy atom. The van der Waals surface area contributed by atoms with Crippen LogP contribution in [0.1, 0.15) is 0 Å². The van der Waals surface area contributed by atoms with Crippen LogP contribution < -0.4 is 10.1 Å². The van der Waals surface area contributed by atoms with Gasteiger partial charge in [0, 0.05) is 18.0 Å². The van der Waals surface area contributed by atoms with Gasteiger partial charge in [-0.25, -0.2) is 0 Å². The molecule has 0 spiro atoms. The van der Waals surface area contributed by atoms with E-state index in [2.05, 4.69) is 5.32 Å². The van der Waals surface area contributed by atoms with Crippen molar-refractivity contribution in [3.63, 3.8) is 0 Å². The third-order valence-corrected chi connectivity index (χ3v) is 2.26. The minimum Gasteiger partial charge on any atom is -0.453 e. The van der Waals surface area contributed by atoms with Gasteiger partial charge < -0.3 is 10.1 Å². The number of nitrogens with one attached hydrogen (secondary N) is 1. The van der Waals surface area contributed by atoms with E-state index in [1.54, 1.807) is 0 Å². The molecule has 3 rings (SSSR count). The molecule has 73 valence electrons. The quantitative estimate of drug-likeness (QED) is 0.625. The summed E-state index contributed by atoms with van der Waals surface area (Å²) in [4.78, 5) is 0. The first kappa shape index (κ1) is 10.1. The number of rotatable bonds is 0. The molecular weight excluding hydrogens is 249 g/mol. The van der Waals surface area contributed by atoms with Gasteiger partial charge >= 0.3 is 0 Å².